The summed E-state index contributed by atoms with van der Waals surface area (Å²) in [5.41, 5.74) is 1.16. The molecule has 1 aromatic rings. The fraction of sp³-hybridized carbons (Fsp3) is 0.625. The van der Waals surface area contributed by atoms with Gasteiger partial charge >= 0.3 is 0 Å². The molecule has 0 aromatic heterocycles. The van der Waals surface area contributed by atoms with Gasteiger partial charge in [0.2, 0.25) is 10.0 Å². The highest BCUT2D eigenvalue weighted by atomic mass is 35.5. The molecule has 0 amide bonds. The molecule has 1 aliphatic rings. The summed E-state index contributed by atoms with van der Waals surface area (Å²) in [6, 6.07) is 7.01. The summed E-state index contributed by atoms with van der Waals surface area (Å²) in [7, 11) is -1.73. The van der Waals surface area contributed by atoms with Gasteiger partial charge in [-0.05, 0) is 48.8 Å². The number of rotatable bonds is 4. The highest BCUT2D eigenvalue weighted by Crippen LogP contribution is 2.37. The minimum atomic E-state index is -3.43. The van der Waals surface area contributed by atoms with Crippen molar-refractivity contribution in [3.63, 3.8) is 0 Å². The molecule has 118 valence electrons. The van der Waals surface area contributed by atoms with Crippen LogP contribution in [0.1, 0.15) is 45.1 Å². The Labute approximate surface area is 133 Å². The van der Waals surface area contributed by atoms with Gasteiger partial charge in [0.1, 0.15) is 0 Å². The first-order valence-electron chi connectivity index (χ1n) is 7.39. The highest BCUT2D eigenvalue weighted by Gasteiger charge is 2.34. The summed E-state index contributed by atoms with van der Waals surface area (Å²) in [5, 5.41) is 0. The van der Waals surface area contributed by atoms with Gasteiger partial charge < -0.3 is 0 Å². The Balaban J connectivity index is 2.19. The second-order valence-corrected chi connectivity index (χ2v) is 8.96. The number of alkyl halides is 1. The van der Waals surface area contributed by atoms with E-state index in [2.05, 4.69) is 13.8 Å². The number of benzene rings is 1. The van der Waals surface area contributed by atoms with E-state index in [1.807, 2.05) is 6.07 Å². The van der Waals surface area contributed by atoms with E-state index in [1.165, 1.54) is 0 Å². The summed E-state index contributed by atoms with van der Waals surface area (Å²) in [5.74, 6) is 0.324. The van der Waals surface area contributed by atoms with Gasteiger partial charge in [-0.1, -0.05) is 26.0 Å². The molecular weight excluding hydrogens is 306 g/mol. The molecule has 0 bridgehead atoms. The van der Waals surface area contributed by atoms with Gasteiger partial charge in [-0.3, -0.25) is 0 Å². The zero-order chi connectivity index (χ0) is 15.7. The van der Waals surface area contributed by atoms with Crippen molar-refractivity contribution in [3.05, 3.63) is 29.8 Å². The average molecular weight is 330 g/mol. The molecule has 0 atom stereocenters. The van der Waals surface area contributed by atoms with Crippen LogP contribution >= 0.6 is 11.6 Å². The highest BCUT2D eigenvalue weighted by molar-refractivity contribution is 7.89. The number of sulfonamides is 1. The van der Waals surface area contributed by atoms with Crippen LogP contribution in [0.25, 0.3) is 0 Å². The van der Waals surface area contributed by atoms with Gasteiger partial charge in [0.05, 0.1) is 4.90 Å². The first-order chi connectivity index (χ1) is 9.76. The maximum atomic E-state index is 12.7. The van der Waals surface area contributed by atoms with Gasteiger partial charge in [0, 0.05) is 19.0 Å². The van der Waals surface area contributed by atoms with E-state index in [9.17, 15) is 8.42 Å². The molecule has 3 nitrogen and oxygen atoms in total. The van der Waals surface area contributed by atoms with Crippen molar-refractivity contribution in [2.75, 3.05) is 7.05 Å². The quantitative estimate of drug-likeness (QED) is 0.782. The van der Waals surface area contributed by atoms with E-state index < -0.39 is 10.0 Å². The Morgan fingerprint density at radius 1 is 1.29 bits per heavy atom. The molecule has 0 aliphatic heterocycles. The molecule has 0 heterocycles. The molecular formula is C16H24ClNO2S. The molecule has 0 spiro atoms. The topological polar surface area (TPSA) is 37.4 Å². The lowest BCUT2D eigenvalue weighted by molar-refractivity contribution is 0.174. The maximum absolute atomic E-state index is 12.7. The molecule has 21 heavy (non-hydrogen) atoms. The maximum Gasteiger partial charge on any atom is 0.243 e. The molecule has 1 fully saturated rings. The molecule has 1 aliphatic carbocycles. The second kappa shape index (κ2) is 6.27. The largest absolute Gasteiger partial charge is 0.243 e. The number of hydrogen-bond donors (Lipinski definition) is 0. The van der Waals surface area contributed by atoms with Crippen LogP contribution in [0.4, 0.5) is 0 Å². The Hall–Kier alpha value is -0.580. The lowest BCUT2D eigenvalue weighted by Gasteiger charge is -2.38. The van der Waals surface area contributed by atoms with Crippen LogP contribution < -0.4 is 0 Å². The van der Waals surface area contributed by atoms with Crippen molar-refractivity contribution in [1.29, 1.82) is 0 Å². The molecule has 5 heteroatoms. The number of halogens is 1. The third-order valence-electron chi connectivity index (χ3n) is 4.55. The summed E-state index contributed by atoms with van der Waals surface area (Å²) in [4.78, 5) is 0.341. The van der Waals surface area contributed by atoms with Crippen LogP contribution in [0.15, 0.2) is 29.2 Å². The van der Waals surface area contributed by atoms with E-state index in [0.717, 1.165) is 31.2 Å². The minimum Gasteiger partial charge on any atom is -0.207 e. The van der Waals surface area contributed by atoms with Gasteiger partial charge in [0.15, 0.2) is 0 Å². The van der Waals surface area contributed by atoms with Crippen molar-refractivity contribution in [2.45, 2.75) is 56.3 Å². The monoisotopic (exact) mass is 329 g/mol. The smallest absolute Gasteiger partial charge is 0.207 e. The molecule has 0 saturated heterocycles. The van der Waals surface area contributed by atoms with Crippen LogP contribution in [0.3, 0.4) is 0 Å². The fourth-order valence-electron chi connectivity index (χ4n) is 2.90. The van der Waals surface area contributed by atoms with Crippen LogP contribution in [-0.2, 0) is 15.9 Å². The SMILES string of the molecule is CN(C1CCC(C)(C)CC1)S(=O)(=O)c1cccc(CCl)c1. The Bertz CT molecular complexity index is 588. The van der Waals surface area contributed by atoms with E-state index >= 15 is 0 Å². The number of hydrogen-bond acceptors (Lipinski definition) is 2. The number of nitrogens with zero attached hydrogens (tertiary/aromatic N) is 1. The molecule has 2 rings (SSSR count). The lowest BCUT2D eigenvalue weighted by atomic mass is 9.76. The minimum absolute atomic E-state index is 0.0997. The summed E-state index contributed by atoms with van der Waals surface area (Å²) in [6.45, 7) is 4.50. The fourth-order valence-corrected chi connectivity index (χ4v) is 4.55. The van der Waals surface area contributed by atoms with Gasteiger partial charge in [-0.2, -0.15) is 4.31 Å². The van der Waals surface area contributed by atoms with E-state index in [4.69, 9.17) is 11.6 Å². The van der Waals surface area contributed by atoms with E-state index in [-0.39, 0.29) is 6.04 Å². The zero-order valence-corrected chi connectivity index (χ0v) is 14.5. The Morgan fingerprint density at radius 3 is 2.48 bits per heavy atom. The van der Waals surface area contributed by atoms with Gasteiger partial charge in [-0.25, -0.2) is 8.42 Å². The molecule has 0 unspecified atom stereocenters. The zero-order valence-electron chi connectivity index (χ0n) is 13.0. The van der Waals surface area contributed by atoms with E-state index in [1.54, 1.807) is 29.6 Å². The molecule has 1 aromatic carbocycles. The van der Waals surface area contributed by atoms with Crippen molar-refractivity contribution >= 4 is 21.6 Å². The van der Waals surface area contributed by atoms with Crippen molar-refractivity contribution in [3.8, 4) is 0 Å². The van der Waals surface area contributed by atoms with Crippen molar-refractivity contribution in [1.82, 2.24) is 4.31 Å². The van der Waals surface area contributed by atoms with Gasteiger partial charge in [0.25, 0.3) is 0 Å². The predicted molar refractivity (Wildman–Crippen MR) is 87.0 cm³/mol. The second-order valence-electron chi connectivity index (χ2n) is 6.70. The van der Waals surface area contributed by atoms with Crippen LogP contribution in [0.5, 0.6) is 0 Å². The standard InChI is InChI=1S/C16H24ClNO2S/c1-16(2)9-7-14(8-10-16)18(3)21(19,20)15-6-4-5-13(11-15)12-17/h4-6,11,14H,7-10,12H2,1-3H3. The Morgan fingerprint density at radius 2 is 1.90 bits per heavy atom. The first-order valence-corrected chi connectivity index (χ1v) is 9.37. The molecule has 1 saturated carbocycles. The van der Waals surface area contributed by atoms with Crippen molar-refractivity contribution < 1.29 is 8.42 Å². The van der Waals surface area contributed by atoms with Crippen LogP contribution in [-0.4, -0.2) is 25.8 Å². The third-order valence-corrected chi connectivity index (χ3v) is 6.77. The predicted octanol–water partition coefficient (Wildman–Crippen LogP) is 4.01. The van der Waals surface area contributed by atoms with Crippen LogP contribution in [0.2, 0.25) is 0 Å². The molecule has 0 N–H and O–H groups in total. The Kier molecular flexibility index (Phi) is 5.01. The summed E-state index contributed by atoms with van der Waals surface area (Å²) < 4.78 is 27.0. The average Bonchev–Trinajstić information content (AvgIpc) is 2.46. The normalized spacial score (nSPS) is 19.9. The molecule has 0 radical (unpaired) electrons. The summed E-state index contributed by atoms with van der Waals surface area (Å²) in [6.07, 6.45) is 3.99. The van der Waals surface area contributed by atoms with Crippen LogP contribution in [0, 0.1) is 5.41 Å². The summed E-state index contributed by atoms with van der Waals surface area (Å²) >= 11 is 5.80. The first kappa shape index (κ1) is 16.8. The van der Waals surface area contributed by atoms with Crippen molar-refractivity contribution in [2.24, 2.45) is 5.41 Å². The lowest BCUT2D eigenvalue weighted by Crippen LogP contribution is -2.40. The van der Waals surface area contributed by atoms with E-state index in [0.29, 0.717) is 16.2 Å². The third kappa shape index (κ3) is 3.79. The van der Waals surface area contributed by atoms with Gasteiger partial charge in [-0.15, -0.1) is 11.6 Å².